The van der Waals surface area contributed by atoms with Crippen LogP contribution >= 0.6 is 0 Å². The van der Waals surface area contributed by atoms with Crippen LogP contribution in [0.2, 0.25) is 0 Å². The summed E-state index contributed by atoms with van der Waals surface area (Å²) in [5, 5.41) is 12.8. The number of hydrogen-bond donors (Lipinski definition) is 0. The van der Waals surface area contributed by atoms with Gasteiger partial charge in [0, 0.05) is 12.1 Å². The number of rotatable bonds is 7. The molecule has 2 heterocycles. The summed E-state index contributed by atoms with van der Waals surface area (Å²) in [6.07, 6.45) is -1.18. The van der Waals surface area contributed by atoms with Crippen molar-refractivity contribution in [2.75, 3.05) is 9.96 Å². The molecular weight excluding hydrogens is 562 g/mol. The van der Waals surface area contributed by atoms with Crippen LogP contribution in [0.25, 0.3) is 0 Å². The van der Waals surface area contributed by atoms with Gasteiger partial charge in [0.25, 0.3) is 11.6 Å². The Labute approximate surface area is 240 Å². The predicted molar refractivity (Wildman–Crippen MR) is 151 cm³/mol. The molecule has 2 saturated heterocycles. The van der Waals surface area contributed by atoms with Gasteiger partial charge in [0.2, 0.25) is 5.91 Å². The number of non-ortho nitro benzene ring substituents is 1. The molecule has 4 aromatic carbocycles. The molecule has 2 aliphatic heterocycles. The van der Waals surface area contributed by atoms with E-state index in [1.54, 1.807) is 54.6 Å². The van der Waals surface area contributed by atoms with Crippen molar-refractivity contribution < 1.29 is 32.0 Å². The van der Waals surface area contributed by atoms with Crippen molar-refractivity contribution >= 4 is 39.0 Å². The van der Waals surface area contributed by atoms with Crippen LogP contribution in [0.5, 0.6) is 5.75 Å². The maximum absolute atomic E-state index is 13.8. The second kappa shape index (κ2) is 10.4. The zero-order chi connectivity index (χ0) is 29.6. The van der Waals surface area contributed by atoms with Crippen LogP contribution < -0.4 is 14.1 Å². The van der Waals surface area contributed by atoms with Crippen molar-refractivity contribution in [2.24, 2.45) is 5.92 Å². The summed E-state index contributed by atoms with van der Waals surface area (Å²) >= 11 is 0. The lowest BCUT2D eigenvalue weighted by atomic mass is 9.90. The van der Waals surface area contributed by atoms with Gasteiger partial charge in [-0.2, -0.15) is 8.42 Å². The molecule has 0 radical (unpaired) electrons. The molecule has 0 aromatic heterocycles. The van der Waals surface area contributed by atoms with Gasteiger partial charge in [-0.15, -0.1) is 0 Å². The molecule has 0 saturated carbocycles. The zero-order valence-electron chi connectivity index (χ0n) is 22.1. The summed E-state index contributed by atoms with van der Waals surface area (Å²) in [5.74, 6) is -1.99. The van der Waals surface area contributed by atoms with Crippen molar-refractivity contribution in [3.05, 3.63) is 124 Å². The minimum atomic E-state index is -4.09. The summed E-state index contributed by atoms with van der Waals surface area (Å²) in [5.41, 5.74) is 1.87. The van der Waals surface area contributed by atoms with Crippen molar-refractivity contribution in [3.63, 3.8) is 0 Å². The van der Waals surface area contributed by atoms with Crippen molar-refractivity contribution in [1.82, 2.24) is 0 Å². The molecule has 4 aromatic rings. The molecule has 2 aliphatic rings. The van der Waals surface area contributed by atoms with Crippen molar-refractivity contribution in [2.45, 2.75) is 24.0 Å². The number of nitro benzene ring substituents is 1. The number of amides is 2. The van der Waals surface area contributed by atoms with Crippen LogP contribution in [0.4, 0.5) is 17.1 Å². The quantitative estimate of drug-likeness (QED) is 0.131. The summed E-state index contributed by atoms with van der Waals surface area (Å²) in [4.78, 5) is 45.5. The second-order valence-corrected chi connectivity index (χ2v) is 11.4. The first-order chi connectivity index (χ1) is 20.1. The summed E-state index contributed by atoms with van der Waals surface area (Å²) < 4.78 is 30.7. The lowest BCUT2D eigenvalue weighted by Gasteiger charge is -2.28. The van der Waals surface area contributed by atoms with Gasteiger partial charge in [-0.3, -0.25) is 24.5 Å². The standard InChI is InChI=1S/C30H23N3O8S/c1-19-7-5-8-21(17-19)31-29(34)26-27(32(40-28(26)30(31)35)22-9-6-10-23(18-22)33(36)37)20-13-15-24(16-14-20)41-42(38,39)25-11-3-2-4-12-25/h2-18,26-28H,1H3/t26-,27-,28-/m0/s1. The van der Waals surface area contributed by atoms with Crippen LogP contribution in [0.15, 0.2) is 108 Å². The van der Waals surface area contributed by atoms with Gasteiger partial charge in [0.15, 0.2) is 6.10 Å². The predicted octanol–water partition coefficient (Wildman–Crippen LogP) is 4.72. The number of hydrogen-bond acceptors (Lipinski definition) is 9. The molecule has 0 aliphatic carbocycles. The number of benzene rings is 4. The number of carbonyl (C=O) groups is 2. The molecule has 0 N–H and O–H groups in total. The second-order valence-electron chi connectivity index (χ2n) is 9.87. The Morgan fingerprint density at radius 2 is 1.52 bits per heavy atom. The van der Waals surface area contributed by atoms with E-state index >= 15 is 0 Å². The van der Waals surface area contributed by atoms with Gasteiger partial charge in [0.1, 0.15) is 16.6 Å². The molecule has 0 bridgehead atoms. The molecule has 0 unspecified atom stereocenters. The van der Waals surface area contributed by atoms with E-state index in [-0.39, 0.29) is 22.0 Å². The van der Waals surface area contributed by atoms with E-state index in [0.717, 1.165) is 10.5 Å². The Hall–Kier alpha value is -5.07. The van der Waals surface area contributed by atoms with Crippen molar-refractivity contribution in [3.8, 4) is 5.75 Å². The average molecular weight is 586 g/mol. The van der Waals surface area contributed by atoms with Crippen LogP contribution in [0.1, 0.15) is 17.2 Å². The Bertz CT molecular complexity index is 1810. The Morgan fingerprint density at radius 1 is 0.833 bits per heavy atom. The maximum atomic E-state index is 13.8. The van der Waals surface area contributed by atoms with E-state index in [2.05, 4.69) is 0 Å². The largest absolute Gasteiger partial charge is 0.379 e. The number of imide groups is 1. The number of nitro groups is 1. The third-order valence-electron chi connectivity index (χ3n) is 7.13. The maximum Gasteiger partial charge on any atom is 0.339 e. The highest BCUT2D eigenvalue weighted by Gasteiger charge is 2.60. The fourth-order valence-corrected chi connectivity index (χ4v) is 6.18. The summed E-state index contributed by atoms with van der Waals surface area (Å²) in [6, 6.07) is 25.5. The fraction of sp³-hybridized carbons (Fsp3) is 0.133. The molecule has 0 spiro atoms. The lowest BCUT2D eigenvalue weighted by Crippen LogP contribution is -2.37. The molecule has 6 rings (SSSR count). The zero-order valence-corrected chi connectivity index (χ0v) is 22.9. The first-order valence-corrected chi connectivity index (χ1v) is 14.3. The van der Waals surface area contributed by atoms with E-state index in [0.29, 0.717) is 11.3 Å². The molecule has 3 atom stereocenters. The lowest BCUT2D eigenvalue weighted by molar-refractivity contribution is -0.384. The van der Waals surface area contributed by atoms with E-state index in [1.807, 2.05) is 13.0 Å². The van der Waals surface area contributed by atoms with Crippen LogP contribution in [-0.4, -0.2) is 31.3 Å². The Morgan fingerprint density at radius 3 is 2.21 bits per heavy atom. The molecule has 11 nitrogen and oxygen atoms in total. The smallest absolute Gasteiger partial charge is 0.339 e. The molecule has 42 heavy (non-hydrogen) atoms. The number of hydroxylamine groups is 1. The molecule has 2 amide bonds. The highest BCUT2D eigenvalue weighted by Crippen LogP contribution is 2.48. The van der Waals surface area contributed by atoms with Crippen LogP contribution in [-0.2, 0) is 24.5 Å². The number of anilines is 2. The van der Waals surface area contributed by atoms with Gasteiger partial charge in [-0.05, 0) is 60.5 Å². The van der Waals surface area contributed by atoms with Gasteiger partial charge in [-0.1, -0.05) is 48.5 Å². The minimum absolute atomic E-state index is 0.00994. The minimum Gasteiger partial charge on any atom is -0.379 e. The summed E-state index contributed by atoms with van der Waals surface area (Å²) in [6.45, 7) is 1.85. The molecule has 212 valence electrons. The van der Waals surface area contributed by atoms with Gasteiger partial charge in [0.05, 0.1) is 22.3 Å². The average Bonchev–Trinajstić information content (AvgIpc) is 3.49. The van der Waals surface area contributed by atoms with E-state index < -0.39 is 44.9 Å². The number of fused-ring (bicyclic) bond motifs is 1. The van der Waals surface area contributed by atoms with Gasteiger partial charge in [-0.25, -0.2) is 9.96 Å². The van der Waals surface area contributed by atoms with Gasteiger partial charge < -0.3 is 4.18 Å². The first kappa shape index (κ1) is 27.1. The van der Waals surface area contributed by atoms with E-state index in [1.165, 1.54) is 47.5 Å². The monoisotopic (exact) mass is 585 g/mol. The number of nitrogens with zero attached hydrogens (tertiary/aromatic N) is 3. The third kappa shape index (κ3) is 4.76. The fourth-order valence-electron chi connectivity index (χ4n) is 5.22. The third-order valence-corrected chi connectivity index (χ3v) is 8.39. The first-order valence-electron chi connectivity index (χ1n) is 12.9. The van der Waals surface area contributed by atoms with Gasteiger partial charge >= 0.3 is 10.1 Å². The highest BCUT2D eigenvalue weighted by molar-refractivity contribution is 7.87. The number of carbonyl (C=O) groups excluding carboxylic acids is 2. The van der Waals surface area contributed by atoms with E-state index in [9.17, 15) is 28.1 Å². The normalized spacial score (nSPS) is 20.1. The molecular formula is C30H23N3O8S. The number of aryl methyl sites for hydroxylation is 1. The van der Waals surface area contributed by atoms with Crippen molar-refractivity contribution in [1.29, 1.82) is 0 Å². The summed E-state index contributed by atoms with van der Waals surface area (Å²) in [7, 11) is -4.09. The topological polar surface area (TPSA) is 136 Å². The Balaban J connectivity index is 1.38. The van der Waals surface area contributed by atoms with Crippen LogP contribution in [0, 0.1) is 23.0 Å². The van der Waals surface area contributed by atoms with Crippen LogP contribution in [0.3, 0.4) is 0 Å². The molecule has 2 fully saturated rings. The SMILES string of the molecule is Cc1cccc(N2C(=O)[C@@H]3[C@H](ON(c4cccc([N+](=O)[O-])c4)[C@H]3c3ccc(OS(=O)(=O)c4ccccc4)cc3)C2=O)c1. The highest BCUT2D eigenvalue weighted by atomic mass is 32.2. The Kier molecular flexibility index (Phi) is 6.71. The molecule has 12 heteroatoms. The van der Waals surface area contributed by atoms with E-state index in [4.69, 9.17) is 9.02 Å².